The summed E-state index contributed by atoms with van der Waals surface area (Å²) in [5.41, 5.74) is -0.573. The predicted octanol–water partition coefficient (Wildman–Crippen LogP) is 11.3. The fourth-order valence-electron chi connectivity index (χ4n) is 11.5. The lowest BCUT2D eigenvalue weighted by atomic mass is 9.79. The van der Waals surface area contributed by atoms with Crippen LogP contribution in [-0.2, 0) is 85.6 Å². The summed E-state index contributed by atoms with van der Waals surface area (Å²) in [5, 5.41) is 3.01. The summed E-state index contributed by atoms with van der Waals surface area (Å²) >= 11 is 0. The second-order valence-electron chi connectivity index (χ2n) is 26.0. The summed E-state index contributed by atoms with van der Waals surface area (Å²) in [6.07, 6.45) is 13.3. The maximum atomic E-state index is 12.9. The quantitative estimate of drug-likeness (QED) is 0.0339. The van der Waals surface area contributed by atoms with E-state index in [4.69, 9.17) is 56.8 Å². The highest BCUT2D eigenvalue weighted by molar-refractivity contribution is 5.78. The summed E-state index contributed by atoms with van der Waals surface area (Å²) in [4.78, 5) is 72.7. The maximum absolute atomic E-state index is 12.9. The molecule has 3 aliphatic rings. The number of ether oxygens (including phenoxy) is 12. The molecule has 19 nitrogen and oxygen atoms in total. The van der Waals surface area contributed by atoms with E-state index in [1.807, 2.05) is 6.92 Å². The van der Waals surface area contributed by atoms with E-state index in [0.717, 1.165) is 89.9 Å². The van der Waals surface area contributed by atoms with Gasteiger partial charge in [0.2, 0.25) is 5.91 Å². The van der Waals surface area contributed by atoms with Crippen molar-refractivity contribution in [3.8, 4) is 0 Å². The van der Waals surface area contributed by atoms with Gasteiger partial charge in [-0.2, -0.15) is 0 Å². The molecule has 1 amide bonds. The van der Waals surface area contributed by atoms with Gasteiger partial charge in [-0.1, -0.05) is 121 Å². The first-order valence-electron chi connectivity index (χ1n) is 33.3. The Hall–Kier alpha value is -3.14. The van der Waals surface area contributed by atoms with E-state index in [1.165, 1.54) is 20.8 Å². The number of hydrogen-bond acceptors (Lipinski definition) is 18. The summed E-state index contributed by atoms with van der Waals surface area (Å²) < 4.78 is 71.1. The molecule has 15 atom stereocenters. The van der Waals surface area contributed by atoms with Crippen LogP contribution in [0.1, 0.15) is 212 Å². The fraction of sp³-hybridized carbons (Fsp3) is 0.910. The van der Waals surface area contributed by atoms with Crippen LogP contribution in [0.25, 0.3) is 0 Å². The highest BCUT2D eigenvalue weighted by Gasteiger charge is 2.42. The first kappa shape index (κ1) is 77.1. The Bertz CT molecular complexity index is 1700. The van der Waals surface area contributed by atoms with Gasteiger partial charge in [0, 0.05) is 102 Å². The molecular formula is C67H119NO18. The van der Waals surface area contributed by atoms with E-state index in [2.05, 4.69) is 67.6 Å². The topological polar surface area (TPSA) is 225 Å². The lowest BCUT2D eigenvalue weighted by molar-refractivity contribution is -0.255. The minimum Gasteiger partial charge on any atom is -0.463 e. The molecule has 86 heavy (non-hydrogen) atoms. The van der Waals surface area contributed by atoms with Crippen LogP contribution in [0.5, 0.6) is 0 Å². The normalized spacial score (nSPS) is 28.3. The standard InChI is InChI=1S/C67H119NO18/c1-46-49(4)60(40-81-55(10)69)84-64(52(46)7)78-34-25-19-14-16-22-28-58(72)30-37-75-43-67(13,44-76-38-31-59(73)29-23-17-15-20-26-35-79-65-53(8)47(2)50(5)61(85-65)41-82-56(11)70)45-77-39-32-63(74)68-33-24-18-21-27-36-80-66-54(9)48(3)51(6)62(86-66)42-83-57(12)71/h46-54,60-62,64-66H,14-45H2,1-13H3,(H,68,74)/t46-,47-,48-,49+,50+,51+,52?,53?,54?,60?,61?,62?,64+,65+,66+,67?/m0/s1. The average molecular weight is 1230 g/mol. The molecule has 0 spiro atoms. The second-order valence-corrected chi connectivity index (χ2v) is 26.0. The minimum absolute atomic E-state index is 0.0770. The smallest absolute Gasteiger partial charge is 0.302 e. The maximum Gasteiger partial charge on any atom is 0.302 e. The monoisotopic (exact) mass is 1230 g/mol. The largest absolute Gasteiger partial charge is 0.463 e. The number of esters is 3. The number of carbonyl (C=O) groups excluding carboxylic acids is 6. The van der Waals surface area contributed by atoms with Gasteiger partial charge in [0.15, 0.2) is 18.9 Å². The first-order valence-corrected chi connectivity index (χ1v) is 33.3. The molecule has 1 N–H and O–H groups in total. The third kappa shape index (κ3) is 31.1. The van der Waals surface area contributed by atoms with Crippen molar-refractivity contribution in [2.45, 2.75) is 249 Å². The van der Waals surface area contributed by atoms with Crippen LogP contribution in [-0.4, -0.2) is 158 Å². The molecule has 0 bridgehead atoms. The fourth-order valence-corrected chi connectivity index (χ4v) is 11.5. The van der Waals surface area contributed by atoms with Crippen LogP contribution in [0.3, 0.4) is 0 Å². The van der Waals surface area contributed by atoms with Crippen molar-refractivity contribution in [3.05, 3.63) is 0 Å². The molecule has 0 aromatic heterocycles. The Kier molecular flexibility index (Phi) is 39.0. The average Bonchev–Trinajstić information content (AvgIpc) is 1.72. The van der Waals surface area contributed by atoms with Crippen molar-refractivity contribution < 1.29 is 85.6 Å². The molecule has 6 unspecified atom stereocenters. The number of hydrogen-bond donors (Lipinski definition) is 1. The molecule has 3 saturated heterocycles. The van der Waals surface area contributed by atoms with Gasteiger partial charge in [-0.25, -0.2) is 0 Å². The van der Waals surface area contributed by atoms with Crippen molar-refractivity contribution in [1.29, 1.82) is 0 Å². The number of ketones is 2. The number of unbranched alkanes of at least 4 members (excludes halogenated alkanes) is 11. The van der Waals surface area contributed by atoms with Gasteiger partial charge in [0.25, 0.3) is 0 Å². The van der Waals surface area contributed by atoms with Gasteiger partial charge in [-0.15, -0.1) is 0 Å². The van der Waals surface area contributed by atoms with Crippen molar-refractivity contribution in [1.82, 2.24) is 5.32 Å². The van der Waals surface area contributed by atoms with Crippen molar-refractivity contribution in [2.24, 2.45) is 58.7 Å². The van der Waals surface area contributed by atoms with Crippen LogP contribution in [0.2, 0.25) is 0 Å². The Morgan fingerprint density at radius 2 is 0.663 bits per heavy atom. The number of nitrogens with one attached hydrogen (secondary N) is 1. The van der Waals surface area contributed by atoms with Crippen LogP contribution in [0.15, 0.2) is 0 Å². The molecule has 3 aliphatic heterocycles. The van der Waals surface area contributed by atoms with Gasteiger partial charge in [-0.05, 0) is 74.0 Å². The molecule has 500 valence electrons. The summed E-state index contributed by atoms with van der Waals surface area (Å²) in [7, 11) is 0. The number of Topliss-reactive ketones (excluding diaryl/α,β-unsaturated/α-hetero) is 2. The van der Waals surface area contributed by atoms with E-state index >= 15 is 0 Å². The van der Waals surface area contributed by atoms with E-state index in [-0.39, 0.29) is 174 Å². The van der Waals surface area contributed by atoms with Gasteiger partial charge < -0.3 is 62.2 Å². The molecule has 0 saturated carbocycles. The molecule has 3 fully saturated rings. The van der Waals surface area contributed by atoms with Gasteiger partial charge in [-0.3, -0.25) is 28.8 Å². The molecule has 3 heterocycles. The van der Waals surface area contributed by atoms with Crippen LogP contribution in [0, 0.1) is 58.7 Å². The number of rotatable bonds is 47. The molecule has 0 aromatic carbocycles. The van der Waals surface area contributed by atoms with Crippen LogP contribution < -0.4 is 5.32 Å². The number of carbonyl (C=O) groups is 6. The highest BCUT2D eigenvalue weighted by Crippen LogP contribution is 2.38. The number of amides is 1. The molecule has 0 aliphatic carbocycles. The third-order valence-electron chi connectivity index (χ3n) is 18.6. The SMILES string of the molecule is CC(=O)OCC1O[C@@H](OCCCCCCCC(=O)CCOCC(C)(COCCC(=O)CCCCCCCO[C@@H]2OC(COC(C)=O)[C@H](C)[C@H](C)C2C)COCCC(=O)NCCCCCCO[C@@H]2OC(COC(C)=O)[C@H](C)[C@H](C)C2C)C(C)[C@@H](C)[C@H]1C. The van der Waals surface area contributed by atoms with Gasteiger partial charge in [0.05, 0.1) is 58.0 Å². The zero-order chi connectivity index (χ0) is 63.4. The van der Waals surface area contributed by atoms with Gasteiger partial charge >= 0.3 is 17.9 Å². The molecule has 0 radical (unpaired) electrons. The summed E-state index contributed by atoms with van der Waals surface area (Å²) in [6, 6.07) is 0. The lowest BCUT2D eigenvalue weighted by Gasteiger charge is -2.43. The molecule has 0 aromatic rings. The molecule has 3 rings (SSSR count). The van der Waals surface area contributed by atoms with E-state index < -0.39 is 5.41 Å². The van der Waals surface area contributed by atoms with E-state index in [9.17, 15) is 28.8 Å². The van der Waals surface area contributed by atoms with Gasteiger partial charge in [0.1, 0.15) is 31.4 Å². The zero-order valence-electron chi connectivity index (χ0n) is 55.6. The molecular weight excluding hydrogens is 1110 g/mol. The Balaban J connectivity index is 1.32. The lowest BCUT2D eigenvalue weighted by Crippen LogP contribution is -2.47. The summed E-state index contributed by atoms with van der Waals surface area (Å²) in [6.45, 7) is 30.3. The van der Waals surface area contributed by atoms with E-state index in [1.54, 1.807) is 0 Å². The Morgan fingerprint density at radius 1 is 0.360 bits per heavy atom. The summed E-state index contributed by atoms with van der Waals surface area (Å²) in [5.74, 6) is 1.88. The predicted molar refractivity (Wildman–Crippen MR) is 328 cm³/mol. The zero-order valence-corrected chi connectivity index (χ0v) is 55.6. The van der Waals surface area contributed by atoms with Crippen molar-refractivity contribution in [2.75, 3.05) is 85.8 Å². The Labute approximate surface area is 518 Å². The van der Waals surface area contributed by atoms with Crippen molar-refractivity contribution >= 4 is 35.4 Å². The van der Waals surface area contributed by atoms with Crippen LogP contribution in [0.4, 0.5) is 0 Å². The van der Waals surface area contributed by atoms with Crippen molar-refractivity contribution in [3.63, 3.8) is 0 Å². The molecule has 19 heteroatoms. The Morgan fingerprint density at radius 3 is 1.00 bits per heavy atom. The highest BCUT2D eigenvalue weighted by atomic mass is 16.7. The van der Waals surface area contributed by atoms with E-state index in [0.29, 0.717) is 69.8 Å². The third-order valence-corrected chi connectivity index (χ3v) is 18.6. The first-order chi connectivity index (χ1) is 41.0. The minimum atomic E-state index is -0.573. The van der Waals surface area contributed by atoms with Crippen LogP contribution >= 0.6 is 0 Å². The second kappa shape index (κ2) is 43.6.